The Kier molecular flexibility index (Phi) is 17.0. The third kappa shape index (κ3) is 12.2. The Balaban J connectivity index is 0.000000198. The van der Waals surface area contributed by atoms with E-state index in [9.17, 15) is 53.6 Å². The van der Waals surface area contributed by atoms with E-state index in [1.165, 1.54) is 120 Å². The fourth-order valence-electron chi connectivity index (χ4n) is 10.8. The summed E-state index contributed by atoms with van der Waals surface area (Å²) in [5, 5.41) is 1.05. The number of furan rings is 2. The van der Waals surface area contributed by atoms with Crippen LogP contribution in [-0.2, 0) is 20.0 Å². The van der Waals surface area contributed by atoms with Gasteiger partial charge in [0.1, 0.15) is 46.0 Å². The van der Waals surface area contributed by atoms with Crippen LogP contribution in [0.1, 0.15) is 117 Å². The van der Waals surface area contributed by atoms with Gasteiger partial charge in [-0.1, -0.05) is 13.8 Å². The maximum absolute atomic E-state index is 13.7. The van der Waals surface area contributed by atoms with Crippen LogP contribution in [-0.4, -0.2) is 103 Å². The van der Waals surface area contributed by atoms with Crippen molar-refractivity contribution in [1.82, 2.24) is 9.80 Å². The van der Waals surface area contributed by atoms with E-state index in [0.29, 0.717) is 130 Å². The molecule has 2 atom stereocenters. The molecule has 428 valence electrons. The predicted molar refractivity (Wildman–Crippen MR) is 308 cm³/mol. The summed E-state index contributed by atoms with van der Waals surface area (Å²) in [4.78, 5) is 56.3. The van der Waals surface area contributed by atoms with E-state index in [1.807, 2.05) is 0 Å². The van der Waals surface area contributed by atoms with Crippen LogP contribution in [0.5, 0.6) is 0 Å². The molecule has 2 aromatic heterocycles. The van der Waals surface area contributed by atoms with Crippen molar-refractivity contribution >= 4 is 76.7 Å². The molecule has 8 aromatic rings. The first-order chi connectivity index (χ1) is 38.9. The second kappa shape index (κ2) is 23.8. The molecule has 4 heterocycles. The van der Waals surface area contributed by atoms with Crippen LogP contribution in [0.25, 0.3) is 44.6 Å². The Bertz CT molecular complexity index is 3720. The summed E-state index contributed by atoms with van der Waals surface area (Å²) in [5.74, 6) is -2.46. The molecule has 2 saturated heterocycles. The monoisotopic (exact) mass is 1160 g/mol. The maximum Gasteiger partial charge on any atom is 0.253 e. The van der Waals surface area contributed by atoms with Crippen LogP contribution in [0, 0.1) is 23.3 Å². The average molecular weight is 1160 g/mol. The van der Waals surface area contributed by atoms with Gasteiger partial charge in [0, 0.05) is 110 Å². The smallest absolute Gasteiger partial charge is 0.253 e. The number of ketones is 2. The Hall–Kier alpha value is -8.10. The second-order valence-electron chi connectivity index (χ2n) is 20.6. The van der Waals surface area contributed by atoms with E-state index < -0.39 is 43.3 Å². The molecule has 10 rings (SSSR count). The third-order valence-corrected chi connectivity index (χ3v) is 17.6. The van der Waals surface area contributed by atoms with Crippen LogP contribution in [0.4, 0.5) is 28.9 Å². The number of hydrogen-bond donors (Lipinski definition) is 0. The number of sulfonamides is 2. The fraction of sp³-hybridized carbons (Fsp3) is 0.290. The number of hydrogen-bond acceptors (Lipinski definition) is 10. The molecule has 2 aliphatic heterocycles. The molecule has 2 amide bonds. The normalized spacial score (nSPS) is 15.7. The van der Waals surface area contributed by atoms with Gasteiger partial charge < -0.3 is 18.6 Å². The van der Waals surface area contributed by atoms with Crippen LogP contribution < -0.4 is 8.61 Å². The summed E-state index contributed by atoms with van der Waals surface area (Å²) >= 11 is 0. The van der Waals surface area contributed by atoms with E-state index in [4.69, 9.17) is 8.83 Å². The largest absolute Gasteiger partial charge is 0.455 e. The van der Waals surface area contributed by atoms with Crippen molar-refractivity contribution in [3.63, 3.8) is 0 Å². The highest BCUT2D eigenvalue weighted by molar-refractivity contribution is 7.92. The van der Waals surface area contributed by atoms with Gasteiger partial charge in [-0.2, -0.15) is 0 Å². The van der Waals surface area contributed by atoms with Gasteiger partial charge in [0.15, 0.2) is 11.6 Å². The van der Waals surface area contributed by atoms with Crippen molar-refractivity contribution in [2.75, 3.05) is 61.4 Å². The zero-order valence-corrected chi connectivity index (χ0v) is 47.6. The van der Waals surface area contributed by atoms with E-state index in [-0.39, 0.29) is 59.6 Å². The van der Waals surface area contributed by atoms with Gasteiger partial charge in [-0.05, 0) is 146 Å². The van der Waals surface area contributed by atoms with Crippen LogP contribution in [0.15, 0.2) is 130 Å². The summed E-state index contributed by atoms with van der Waals surface area (Å²) in [6.07, 6.45) is 5.31. The molecule has 0 N–H and O–H groups in total. The van der Waals surface area contributed by atoms with Crippen molar-refractivity contribution < 1.29 is 62.4 Å². The lowest BCUT2D eigenvalue weighted by Gasteiger charge is -2.35. The summed E-state index contributed by atoms with van der Waals surface area (Å²) in [6, 6.07) is 28.8. The molecule has 0 bridgehead atoms. The van der Waals surface area contributed by atoms with Crippen molar-refractivity contribution in [2.45, 2.75) is 64.2 Å². The highest BCUT2D eigenvalue weighted by atomic mass is 32.2. The number of benzene rings is 6. The van der Waals surface area contributed by atoms with Crippen LogP contribution in [0.2, 0.25) is 0 Å². The molecule has 2 aliphatic rings. The summed E-state index contributed by atoms with van der Waals surface area (Å²) < 4.78 is 120. The summed E-state index contributed by atoms with van der Waals surface area (Å²) in [7, 11) is -4.45. The third-order valence-electron chi connectivity index (χ3n) is 15.2. The standard InChI is InChI=1S/2C31H30F2N2O5S/c2*1-4-27(36)29-25-16-24(21-6-5-15-35(18-21)31(37)20-9-13-23(33)14-10-20)26(34(2)41(3,38)39)17-28(25)40-30(29)19-7-11-22(32)12-8-19/h2*7-14,16-17,21H,4-6,15,18H2,1-3H3/t2*21-/m10/s1. The number of rotatable bonds is 14. The molecule has 2 fully saturated rings. The molecular formula is C62H60F4N4O10S2. The summed E-state index contributed by atoms with van der Waals surface area (Å²) in [5.41, 5.74) is 5.22. The van der Waals surface area contributed by atoms with Gasteiger partial charge >= 0.3 is 0 Å². The number of Topliss-reactive ketones (excluding diaryl/α,β-unsaturated/α-hetero) is 2. The minimum absolute atomic E-state index is 0.171. The van der Waals surface area contributed by atoms with Gasteiger partial charge in [0.25, 0.3) is 11.8 Å². The molecule has 14 nitrogen and oxygen atoms in total. The minimum atomic E-state index is -3.68. The van der Waals surface area contributed by atoms with E-state index in [2.05, 4.69) is 0 Å². The fourth-order valence-corrected chi connectivity index (χ4v) is 11.8. The Labute approximate surface area is 473 Å². The first-order valence-corrected chi connectivity index (χ1v) is 30.4. The topological polar surface area (TPSA) is 176 Å². The maximum atomic E-state index is 13.7. The second-order valence-corrected chi connectivity index (χ2v) is 24.7. The van der Waals surface area contributed by atoms with Crippen LogP contribution >= 0.6 is 0 Å². The molecule has 0 spiro atoms. The number of fused-ring (bicyclic) bond motifs is 2. The zero-order valence-electron chi connectivity index (χ0n) is 46.0. The van der Waals surface area contributed by atoms with Gasteiger partial charge in [-0.3, -0.25) is 27.8 Å². The van der Waals surface area contributed by atoms with Gasteiger partial charge in [-0.15, -0.1) is 0 Å². The first-order valence-electron chi connectivity index (χ1n) is 26.7. The molecule has 0 unspecified atom stereocenters. The summed E-state index contributed by atoms with van der Waals surface area (Å²) in [6.45, 7) is 5.11. The number of carbonyl (C=O) groups is 4. The average Bonchev–Trinajstić information content (AvgIpc) is 4.06. The zero-order chi connectivity index (χ0) is 58.9. The number of likely N-dealkylation sites (tertiary alicyclic amines) is 2. The number of halogens is 4. The number of nitrogens with zero attached hydrogens (tertiary/aromatic N) is 4. The van der Waals surface area contributed by atoms with E-state index in [0.717, 1.165) is 12.5 Å². The minimum Gasteiger partial charge on any atom is -0.455 e. The molecule has 20 heteroatoms. The van der Waals surface area contributed by atoms with Crippen molar-refractivity contribution in [3.05, 3.63) is 178 Å². The Morgan fingerprint density at radius 1 is 0.512 bits per heavy atom. The van der Waals surface area contributed by atoms with Crippen molar-refractivity contribution in [1.29, 1.82) is 0 Å². The number of anilines is 2. The first kappa shape index (κ1) is 58.6. The quantitative estimate of drug-likeness (QED) is 0.0752. The molecule has 0 saturated carbocycles. The lowest BCUT2D eigenvalue weighted by atomic mass is 9.87. The number of amides is 2. The molecular weight excluding hydrogens is 1100 g/mol. The van der Waals surface area contributed by atoms with Gasteiger partial charge in [0.05, 0.1) is 35.0 Å². The van der Waals surface area contributed by atoms with E-state index in [1.54, 1.807) is 47.9 Å². The molecule has 82 heavy (non-hydrogen) atoms. The molecule has 6 aromatic carbocycles. The van der Waals surface area contributed by atoms with Crippen molar-refractivity contribution in [3.8, 4) is 22.6 Å². The molecule has 0 radical (unpaired) electrons. The number of carbonyl (C=O) groups excluding carboxylic acids is 4. The number of piperidine rings is 2. The Morgan fingerprint density at radius 3 is 1.13 bits per heavy atom. The lowest BCUT2D eigenvalue weighted by molar-refractivity contribution is 0.0700. The SMILES string of the molecule is CCC(=O)c1c(-c2ccc(F)cc2)oc2cc(N(C)S(C)(=O)=O)c([C@@H]3CCCN(C(=O)c4ccc(F)cc4)C3)cc12.CCC(=O)c1c(-c2ccc(F)cc2)oc2cc(N(C)S(C)(=O)=O)c([C@H]3CCCN(C(=O)c4ccc(F)cc4)C3)cc12. The lowest BCUT2D eigenvalue weighted by Crippen LogP contribution is -2.39. The Morgan fingerprint density at radius 2 is 0.829 bits per heavy atom. The van der Waals surface area contributed by atoms with Crippen LogP contribution in [0.3, 0.4) is 0 Å². The van der Waals surface area contributed by atoms with Gasteiger partial charge in [-0.25, -0.2) is 34.4 Å². The highest BCUT2D eigenvalue weighted by Gasteiger charge is 2.34. The van der Waals surface area contributed by atoms with Gasteiger partial charge in [0.2, 0.25) is 20.0 Å². The predicted octanol–water partition coefficient (Wildman–Crippen LogP) is 12.8. The van der Waals surface area contributed by atoms with Crippen molar-refractivity contribution in [2.24, 2.45) is 0 Å². The van der Waals surface area contributed by atoms with E-state index >= 15 is 0 Å². The molecule has 0 aliphatic carbocycles. The highest BCUT2D eigenvalue weighted by Crippen LogP contribution is 2.45.